The molecule has 2 aliphatic heterocycles. The van der Waals surface area contributed by atoms with Crippen LogP contribution in [0.5, 0.6) is 5.75 Å². The van der Waals surface area contributed by atoms with E-state index >= 15 is 0 Å². The number of hydrogen-bond donors (Lipinski definition) is 0. The fraction of sp³-hybridized carbons (Fsp3) is 0.450. The second-order valence-corrected chi connectivity index (χ2v) is 7.94. The summed E-state index contributed by atoms with van der Waals surface area (Å²) < 4.78 is 5.60. The Morgan fingerprint density at radius 3 is 2.44 bits per heavy atom. The molecule has 2 fully saturated rings. The van der Waals surface area contributed by atoms with Crippen molar-refractivity contribution < 1.29 is 19.1 Å². The molecule has 0 radical (unpaired) electrons. The molecule has 0 spiro atoms. The second kappa shape index (κ2) is 8.61. The van der Waals surface area contributed by atoms with Crippen molar-refractivity contribution in [2.45, 2.75) is 39.2 Å². The third kappa shape index (κ3) is 4.91. The topological polar surface area (TPSA) is 66.9 Å². The van der Waals surface area contributed by atoms with E-state index in [9.17, 15) is 14.4 Å². The quantitative estimate of drug-likeness (QED) is 0.722. The summed E-state index contributed by atoms with van der Waals surface area (Å²) in [5, 5.41) is -0.392. The molecule has 1 aromatic carbocycles. The average molecular weight is 388 g/mol. The van der Waals surface area contributed by atoms with Gasteiger partial charge in [0.1, 0.15) is 12.3 Å². The molecule has 3 rings (SSSR count). The molecule has 1 aromatic rings. The lowest BCUT2D eigenvalue weighted by Crippen LogP contribution is -2.44. The van der Waals surface area contributed by atoms with Gasteiger partial charge in [-0.1, -0.05) is 12.1 Å². The number of nitrogens with zero attached hydrogens (tertiary/aromatic N) is 2. The molecule has 2 heterocycles. The predicted octanol–water partition coefficient (Wildman–Crippen LogP) is 3.52. The molecule has 0 unspecified atom stereocenters. The minimum absolute atomic E-state index is 0.0878. The second-order valence-electron chi connectivity index (χ2n) is 6.94. The summed E-state index contributed by atoms with van der Waals surface area (Å²) in [6.07, 6.45) is 4.84. The van der Waals surface area contributed by atoms with Crippen molar-refractivity contribution in [3.8, 4) is 5.75 Å². The van der Waals surface area contributed by atoms with Crippen LogP contribution in [0.1, 0.15) is 38.7 Å². The maximum absolute atomic E-state index is 12.6. The highest BCUT2D eigenvalue weighted by molar-refractivity contribution is 8.18. The molecule has 7 heteroatoms. The van der Waals surface area contributed by atoms with Crippen molar-refractivity contribution in [3.63, 3.8) is 0 Å². The van der Waals surface area contributed by atoms with Crippen LogP contribution in [0.2, 0.25) is 0 Å². The lowest BCUT2D eigenvalue weighted by Gasteiger charge is -2.27. The first kappa shape index (κ1) is 19.5. The Kier molecular flexibility index (Phi) is 6.21. The van der Waals surface area contributed by atoms with Crippen LogP contribution in [-0.2, 0) is 9.59 Å². The first-order valence-corrected chi connectivity index (χ1v) is 10.1. The number of amides is 3. The number of ether oxygens (including phenoxy) is 1. The molecule has 2 saturated heterocycles. The van der Waals surface area contributed by atoms with Crippen LogP contribution in [0.25, 0.3) is 6.08 Å². The molecular weight excluding hydrogens is 364 g/mol. The summed E-state index contributed by atoms with van der Waals surface area (Å²) in [6, 6.07) is 7.33. The molecule has 0 aliphatic carbocycles. The molecule has 0 N–H and O–H groups in total. The van der Waals surface area contributed by atoms with Crippen molar-refractivity contribution >= 4 is 34.9 Å². The SMILES string of the molecule is CC(C)Oc1ccc(/C=C2\SC(=O)N(CC(=O)N3CCCCC3)C2=O)cc1. The number of hydrogen-bond acceptors (Lipinski definition) is 5. The summed E-state index contributed by atoms with van der Waals surface area (Å²) >= 11 is 0.877. The summed E-state index contributed by atoms with van der Waals surface area (Å²) in [5.74, 6) is 0.189. The van der Waals surface area contributed by atoms with Crippen LogP contribution in [0, 0.1) is 0 Å². The summed E-state index contributed by atoms with van der Waals surface area (Å²) in [6.45, 7) is 5.14. The highest BCUT2D eigenvalue weighted by Gasteiger charge is 2.37. The molecule has 0 bridgehead atoms. The maximum Gasteiger partial charge on any atom is 0.294 e. The number of carbonyl (C=O) groups excluding carboxylic acids is 3. The van der Waals surface area contributed by atoms with Gasteiger partial charge in [-0.3, -0.25) is 19.3 Å². The predicted molar refractivity (Wildman–Crippen MR) is 105 cm³/mol. The van der Waals surface area contributed by atoms with Crippen molar-refractivity contribution in [2.24, 2.45) is 0 Å². The molecule has 0 atom stereocenters. The van der Waals surface area contributed by atoms with Gasteiger partial charge >= 0.3 is 0 Å². The van der Waals surface area contributed by atoms with Gasteiger partial charge in [0.25, 0.3) is 11.1 Å². The molecule has 144 valence electrons. The Balaban J connectivity index is 1.66. The third-order valence-electron chi connectivity index (χ3n) is 4.43. The minimum Gasteiger partial charge on any atom is -0.491 e. The van der Waals surface area contributed by atoms with E-state index in [2.05, 4.69) is 0 Å². The molecule has 27 heavy (non-hydrogen) atoms. The smallest absolute Gasteiger partial charge is 0.294 e. The number of benzene rings is 1. The Morgan fingerprint density at radius 2 is 1.81 bits per heavy atom. The number of imide groups is 1. The molecular formula is C20H24N2O4S. The molecule has 2 aliphatic rings. The molecule has 3 amide bonds. The Morgan fingerprint density at radius 1 is 1.15 bits per heavy atom. The van der Waals surface area contributed by atoms with Gasteiger partial charge in [0.15, 0.2) is 0 Å². The lowest BCUT2D eigenvalue weighted by atomic mass is 10.1. The maximum atomic E-state index is 12.6. The fourth-order valence-electron chi connectivity index (χ4n) is 3.08. The van der Waals surface area contributed by atoms with Gasteiger partial charge in [-0.15, -0.1) is 0 Å². The zero-order valence-corrected chi connectivity index (χ0v) is 16.5. The van der Waals surface area contributed by atoms with E-state index in [1.165, 1.54) is 0 Å². The Labute approximate surface area is 163 Å². The van der Waals surface area contributed by atoms with E-state index < -0.39 is 11.1 Å². The summed E-state index contributed by atoms with van der Waals surface area (Å²) in [7, 11) is 0. The van der Waals surface area contributed by atoms with E-state index in [1.807, 2.05) is 38.1 Å². The van der Waals surface area contributed by atoms with Gasteiger partial charge in [0.05, 0.1) is 11.0 Å². The standard InChI is InChI=1S/C20H24N2O4S/c1-14(2)26-16-8-6-15(7-9-16)12-17-19(24)22(20(25)27-17)13-18(23)21-10-4-3-5-11-21/h6-9,12,14H,3-5,10-11,13H2,1-2H3/b17-12-. The Bertz CT molecular complexity index is 752. The van der Waals surface area contributed by atoms with Crippen molar-refractivity contribution in [2.75, 3.05) is 19.6 Å². The molecule has 0 aromatic heterocycles. The number of piperidine rings is 1. The average Bonchev–Trinajstić information content (AvgIpc) is 2.91. The van der Waals surface area contributed by atoms with Crippen molar-refractivity contribution in [3.05, 3.63) is 34.7 Å². The van der Waals surface area contributed by atoms with Gasteiger partial charge in [-0.05, 0) is 68.6 Å². The first-order chi connectivity index (χ1) is 12.9. The third-order valence-corrected chi connectivity index (χ3v) is 5.33. The number of carbonyl (C=O) groups is 3. The zero-order chi connectivity index (χ0) is 19.4. The van der Waals surface area contributed by atoms with Crippen LogP contribution in [-0.4, -0.2) is 52.6 Å². The van der Waals surface area contributed by atoms with Crippen LogP contribution in [0.3, 0.4) is 0 Å². The first-order valence-electron chi connectivity index (χ1n) is 9.24. The summed E-state index contributed by atoms with van der Waals surface area (Å²) in [4.78, 5) is 40.3. The zero-order valence-electron chi connectivity index (χ0n) is 15.6. The van der Waals surface area contributed by atoms with Gasteiger partial charge in [-0.25, -0.2) is 0 Å². The van der Waals surface area contributed by atoms with Gasteiger partial charge in [-0.2, -0.15) is 0 Å². The molecule has 0 saturated carbocycles. The van der Waals surface area contributed by atoms with Gasteiger partial charge < -0.3 is 9.64 Å². The van der Waals surface area contributed by atoms with E-state index in [4.69, 9.17) is 4.74 Å². The van der Waals surface area contributed by atoms with Crippen LogP contribution in [0.4, 0.5) is 4.79 Å². The monoisotopic (exact) mass is 388 g/mol. The summed E-state index contributed by atoms with van der Waals surface area (Å²) in [5.41, 5.74) is 0.805. The van der Waals surface area contributed by atoms with Crippen molar-refractivity contribution in [1.29, 1.82) is 0 Å². The largest absolute Gasteiger partial charge is 0.491 e. The highest BCUT2D eigenvalue weighted by atomic mass is 32.2. The van der Waals surface area contributed by atoms with Gasteiger partial charge in [0, 0.05) is 13.1 Å². The van der Waals surface area contributed by atoms with E-state index in [0.29, 0.717) is 18.0 Å². The molecule has 6 nitrogen and oxygen atoms in total. The minimum atomic E-state index is -0.405. The highest BCUT2D eigenvalue weighted by Crippen LogP contribution is 2.32. The number of rotatable bonds is 5. The lowest BCUT2D eigenvalue weighted by molar-refractivity contribution is -0.136. The Hall–Kier alpha value is -2.28. The number of thioether (sulfide) groups is 1. The van der Waals surface area contributed by atoms with E-state index in [0.717, 1.165) is 47.2 Å². The van der Waals surface area contributed by atoms with Crippen LogP contribution < -0.4 is 4.74 Å². The number of likely N-dealkylation sites (tertiary alicyclic amines) is 1. The van der Waals surface area contributed by atoms with Gasteiger partial charge in [0.2, 0.25) is 5.91 Å². The van der Waals surface area contributed by atoms with Crippen molar-refractivity contribution in [1.82, 2.24) is 9.80 Å². The van der Waals surface area contributed by atoms with Crippen LogP contribution in [0.15, 0.2) is 29.2 Å². The van der Waals surface area contributed by atoms with E-state index in [1.54, 1.807) is 11.0 Å². The fourth-order valence-corrected chi connectivity index (χ4v) is 3.92. The van der Waals surface area contributed by atoms with Crippen LogP contribution >= 0.6 is 11.8 Å². The normalized spacial score (nSPS) is 19.3. The van der Waals surface area contributed by atoms with E-state index in [-0.39, 0.29) is 18.6 Å².